The highest BCUT2D eigenvalue weighted by atomic mass is 32.2. The Morgan fingerprint density at radius 1 is 1.26 bits per heavy atom. The molecule has 1 saturated heterocycles. The molecule has 212 valence electrons. The zero-order chi connectivity index (χ0) is 28.8. The molecule has 1 aromatic heterocycles. The third-order valence-corrected chi connectivity index (χ3v) is 10.4. The number of nitrogens with two attached hydrogens (primary N) is 1. The number of aromatic nitrogens is 1. The van der Waals surface area contributed by atoms with Crippen LogP contribution in [0.25, 0.3) is 0 Å². The van der Waals surface area contributed by atoms with Crippen molar-refractivity contribution in [2.45, 2.75) is 49.3 Å². The van der Waals surface area contributed by atoms with Crippen LogP contribution in [0, 0.1) is 5.82 Å². The summed E-state index contributed by atoms with van der Waals surface area (Å²) in [5.41, 5.74) is 4.90. The molecule has 9 nitrogen and oxygen atoms in total. The molecule has 2 aliphatic heterocycles. The van der Waals surface area contributed by atoms with E-state index in [2.05, 4.69) is 9.98 Å². The lowest BCUT2D eigenvalue weighted by Gasteiger charge is -2.48. The maximum absolute atomic E-state index is 15.5. The Bertz CT molecular complexity index is 1400. The molecule has 2 N–H and O–H groups in total. The van der Waals surface area contributed by atoms with Crippen LogP contribution in [-0.2, 0) is 22.0 Å². The fourth-order valence-electron chi connectivity index (χ4n) is 5.35. The number of ketones is 1. The zero-order valence-corrected chi connectivity index (χ0v) is 23.1. The molecule has 0 radical (unpaired) electrons. The minimum atomic E-state index is -4.20. The van der Waals surface area contributed by atoms with Crippen molar-refractivity contribution in [3.63, 3.8) is 0 Å². The third kappa shape index (κ3) is 5.09. The first-order valence-corrected chi connectivity index (χ1v) is 13.8. The van der Waals surface area contributed by atoms with E-state index in [1.807, 2.05) is 0 Å². The van der Waals surface area contributed by atoms with Crippen LogP contribution in [0.3, 0.4) is 0 Å². The number of likely N-dealkylation sites (tertiary alicyclic amines) is 1. The quantitative estimate of drug-likeness (QED) is 0.488. The highest BCUT2D eigenvalue weighted by molar-refractivity contribution is 7.91. The lowest BCUT2D eigenvalue weighted by Crippen LogP contribution is -2.66. The number of aliphatic imine (C=N–C) groups is 1. The number of sulfonamides is 1. The number of carbonyl (C=O) groups is 1. The molecule has 2 aliphatic rings. The van der Waals surface area contributed by atoms with Gasteiger partial charge in [0.2, 0.25) is 21.9 Å². The largest absolute Gasteiger partial charge is 0.495 e. The Labute approximate surface area is 225 Å². The van der Waals surface area contributed by atoms with E-state index >= 15 is 4.39 Å². The third-order valence-electron chi connectivity index (χ3n) is 7.76. The van der Waals surface area contributed by atoms with E-state index in [1.54, 1.807) is 11.0 Å². The second kappa shape index (κ2) is 10.1. The summed E-state index contributed by atoms with van der Waals surface area (Å²) in [5, 5.41) is 0. The molecular formula is C26H32F3N5O4S. The molecule has 2 atom stereocenters. The summed E-state index contributed by atoms with van der Waals surface area (Å²) in [7, 11) is -1.45. The monoisotopic (exact) mass is 567 g/mol. The molecular weight excluding hydrogens is 535 g/mol. The summed E-state index contributed by atoms with van der Waals surface area (Å²) in [5.74, 6) is -3.80. The maximum atomic E-state index is 15.5. The van der Waals surface area contributed by atoms with E-state index < -0.39 is 38.5 Å². The Morgan fingerprint density at radius 2 is 1.97 bits per heavy atom. The van der Waals surface area contributed by atoms with Crippen molar-refractivity contribution < 1.29 is 31.1 Å². The number of hydrogen-bond acceptors (Lipinski definition) is 8. The summed E-state index contributed by atoms with van der Waals surface area (Å²) in [6, 6.07) is 7.15. The fourth-order valence-corrected chi connectivity index (χ4v) is 7.52. The molecule has 4 rings (SSSR count). The molecule has 1 fully saturated rings. The van der Waals surface area contributed by atoms with Gasteiger partial charge in [-0.3, -0.25) is 4.79 Å². The van der Waals surface area contributed by atoms with Crippen LogP contribution >= 0.6 is 0 Å². The number of methoxy groups -OCH3 is 1. The van der Waals surface area contributed by atoms with Gasteiger partial charge in [0.1, 0.15) is 27.5 Å². The van der Waals surface area contributed by atoms with E-state index in [-0.39, 0.29) is 55.5 Å². The minimum Gasteiger partial charge on any atom is -0.495 e. The van der Waals surface area contributed by atoms with Crippen molar-refractivity contribution in [3.8, 4) is 5.75 Å². The Morgan fingerprint density at radius 3 is 2.59 bits per heavy atom. The van der Waals surface area contributed by atoms with Crippen LogP contribution in [0.15, 0.2) is 41.5 Å². The molecule has 0 aliphatic carbocycles. The van der Waals surface area contributed by atoms with E-state index in [9.17, 15) is 22.0 Å². The fraction of sp³-hybridized carbons (Fsp3) is 0.500. The molecule has 1 spiro atoms. The SMILES string of the molecule is COc1ccc(C(=O)Cc2ccc(F)c([C@@]3(C)N=C(N)N(C)S(=O)(=O)[C@@]34CCN(CCC(C)(F)F)C4)c2)nc1. The number of hydrogen-bond donors (Lipinski definition) is 1. The molecule has 1 aromatic carbocycles. The van der Waals surface area contributed by atoms with E-state index in [0.717, 1.165) is 11.2 Å². The number of pyridine rings is 1. The van der Waals surface area contributed by atoms with Gasteiger partial charge in [-0.25, -0.2) is 35.9 Å². The van der Waals surface area contributed by atoms with Gasteiger partial charge in [0.15, 0.2) is 5.78 Å². The number of halogens is 3. The first-order chi connectivity index (χ1) is 18.1. The number of benzene rings is 1. The minimum absolute atomic E-state index is 0.0284. The van der Waals surface area contributed by atoms with Gasteiger partial charge >= 0.3 is 0 Å². The number of carbonyl (C=O) groups excluding carboxylic acids is 1. The predicted octanol–water partition coefficient (Wildman–Crippen LogP) is 2.95. The van der Waals surface area contributed by atoms with Crippen LogP contribution in [0.4, 0.5) is 13.2 Å². The highest BCUT2D eigenvalue weighted by Crippen LogP contribution is 2.51. The first-order valence-electron chi connectivity index (χ1n) is 12.4. The van der Waals surface area contributed by atoms with Crippen molar-refractivity contribution in [2.24, 2.45) is 10.7 Å². The number of Topliss-reactive ketones (excluding diaryl/α,β-unsaturated/α-hetero) is 1. The normalized spacial score (nSPS) is 25.1. The molecule has 0 unspecified atom stereocenters. The number of ether oxygens (including phenoxy) is 1. The first kappa shape index (κ1) is 28.8. The Hall–Kier alpha value is -3.19. The molecule has 39 heavy (non-hydrogen) atoms. The standard InChI is InChI=1S/C26H32F3N5O4S/c1-24(28,29)9-11-34-12-10-26(16-34)25(2,32-23(30)33(3)39(26,36)37)19-13-17(5-7-20(19)27)14-22(35)21-8-6-18(38-4)15-31-21/h5-8,13,15H,9-12,14,16H2,1-4H3,(H2,30,32)/t25-,26-/m1/s1. The van der Waals surface area contributed by atoms with E-state index in [0.29, 0.717) is 11.3 Å². The van der Waals surface area contributed by atoms with Crippen LogP contribution < -0.4 is 10.5 Å². The van der Waals surface area contributed by atoms with E-state index in [4.69, 9.17) is 10.5 Å². The number of rotatable bonds is 8. The van der Waals surface area contributed by atoms with Gasteiger partial charge in [-0.1, -0.05) is 6.07 Å². The van der Waals surface area contributed by atoms with E-state index in [1.165, 1.54) is 51.5 Å². The smallest absolute Gasteiger partial charge is 0.247 e. The Kier molecular flexibility index (Phi) is 7.45. The molecule has 0 saturated carbocycles. The topological polar surface area (TPSA) is 118 Å². The van der Waals surface area contributed by atoms with Crippen LogP contribution in [-0.4, -0.2) is 78.8 Å². The van der Waals surface area contributed by atoms with Crippen molar-refractivity contribution in [1.82, 2.24) is 14.2 Å². The van der Waals surface area contributed by atoms with Gasteiger partial charge in [-0.05, 0) is 56.6 Å². The van der Waals surface area contributed by atoms with Crippen LogP contribution in [0.2, 0.25) is 0 Å². The second-order valence-electron chi connectivity index (χ2n) is 10.4. The molecule has 2 aromatic rings. The van der Waals surface area contributed by atoms with Crippen molar-refractivity contribution in [2.75, 3.05) is 33.8 Å². The summed E-state index contributed by atoms with van der Waals surface area (Å²) >= 11 is 0. The lowest BCUT2D eigenvalue weighted by molar-refractivity contribution is 0.00470. The van der Waals surface area contributed by atoms with Crippen LogP contribution in [0.1, 0.15) is 48.3 Å². The summed E-state index contributed by atoms with van der Waals surface area (Å²) < 4.78 is 74.7. The van der Waals surface area contributed by atoms with Gasteiger partial charge in [0.05, 0.1) is 13.3 Å². The highest BCUT2D eigenvalue weighted by Gasteiger charge is 2.66. The predicted molar refractivity (Wildman–Crippen MR) is 140 cm³/mol. The van der Waals surface area contributed by atoms with Crippen molar-refractivity contribution in [3.05, 3.63) is 59.2 Å². The molecule has 3 heterocycles. The average Bonchev–Trinajstić information content (AvgIpc) is 3.33. The summed E-state index contributed by atoms with van der Waals surface area (Å²) in [6.45, 7) is 2.34. The number of alkyl halides is 2. The number of guanidine groups is 1. The summed E-state index contributed by atoms with van der Waals surface area (Å²) in [6.07, 6.45) is 0.863. The Balaban J connectivity index is 1.74. The molecule has 0 bridgehead atoms. The summed E-state index contributed by atoms with van der Waals surface area (Å²) in [4.78, 5) is 23.1. The van der Waals surface area contributed by atoms with Gasteiger partial charge in [0, 0.05) is 38.5 Å². The zero-order valence-electron chi connectivity index (χ0n) is 22.2. The van der Waals surface area contributed by atoms with Crippen molar-refractivity contribution >= 4 is 21.8 Å². The second-order valence-corrected chi connectivity index (χ2v) is 12.6. The van der Waals surface area contributed by atoms with Gasteiger partial charge in [-0.2, -0.15) is 0 Å². The average molecular weight is 568 g/mol. The molecule has 13 heteroatoms. The van der Waals surface area contributed by atoms with Gasteiger partial charge in [-0.15, -0.1) is 0 Å². The number of nitrogens with zero attached hydrogens (tertiary/aromatic N) is 4. The maximum Gasteiger partial charge on any atom is 0.247 e. The van der Waals surface area contributed by atoms with Crippen molar-refractivity contribution in [1.29, 1.82) is 0 Å². The van der Waals surface area contributed by atoms with Gasteiger partial charge in [0.25, 0.3) is 0 Å². The molecule has 0 amide bonds. The lowest BCUT2D eigenvalue weighted by atomic mass is 9.77. The van der Waals surface area contributed by atoms with Crippen LogP contribution in [0.5, 0.6) is 5.75 Å². The van der Waals surface area contributed by atoms with Gasteiger partial charge < -0.3 is 15.4 Å².